The summed E-state index contributed by atoms with van der Waals surface area (Å²) in [6.07, 6.45) is 19.6. The minimum atomic E-state index is -0.728. The number of unbranched alkanes of at least 4 members (excludes halogenated alkanes) is 7. The van der Waals surface area contributed by atoms with E-state index in [2.05, 4.69) is 24.9 Å². The number of allylic oxidation sites excluding steroid dienone is 3. The highest BCUT2D eigenvalue weighted by Crippen LogP contribution is 2.22. The standard InChI is InChI=1S/C26H37NO2/c1-3-4-5-6-7-8-11-16-22(2)17-12-9-15-20-25(28)24-21-29-26(27-24)23-18-13-10-14-19-23/h10,13-15,17-21,25,28H,3-9,11-12,16H2,1-2H3/t25-/m0/s1. The summed E-state index contributed by atoms with van der Waals surface area (Å²) in [7, 11) is 0. The van der Waals surface area contributed by atoms with Crippen molar-refractivity contribution in [2.45, 2.75) is 84.2 Å². The molecule has 0 saturated carbocycles. The van der Waals surface area contributed by atoms with E-state index in [9.17, 15) is 5.11 Å². The van der Waals surface area contributed by atoms with Crippen LogP contribution in [0.3, 0.4) is 0 Å². The van der Waals surface area contributed by atoms with Gasteiger partial charge in [0.05, 0.1) is 0 Å². The molecule has 3 nitrogen and oxygen atoms in total. The van der Waals surface area contributed by atoms with Crippen LogP contribution in [-0.2, 0) is 0 Å². The molecule has 0 aliphatic rings. The van der Waals surface area contributed by atoms with Gasteiger partial charge in [0.15, 0.2) is 0 Å². The summed E-state index contributed by atoms with van der Waals surface area (Å²) in [5, 5.41) is 10.3. The van der Waals surface area contributed by atoms with E-state index >= 15 is 0 Å². The molecule has 29 heavy (non-hydrogen) atoms. The molecule has 0 amide bonds. The van der Waals surface area contributed by atoms with Gasteiger partial charge in [0.2, 0.25) is 5.89 Å². The van der Waals surface area contributed by atoms with Gasteiger partial charge in [-0.05, 0) is 44.7 Å². The number of benzene rings is 1. The zero-order valence-corrected chi connectivity index (χ0v) is 18.1. The first kappa shape index (κ1) is 23.2. The van der Waals surface area contributed by atoms with Gasteiger partial charge in [-0.25, -0.2) is 4.98 Å². The summed E-state index contributed by atoms with van der Waals surface area (Å²) >= 11 is 0. The fourth-order valence-electron chi connectivity index (χ4n) is 3.35. The number of hydrogen-bond acceptors (Lipinski definition) is 3. The molecule has 0 unspecified atom stereocenters. The lowest BCUT2D eigenvalue weighted by atomic mass is 10.0. The number of nitrogens with zero attached hydrogens (tertiary/aromatic N) is 1. The second kappa shape index (κ2) is 13.9. The molecule has 0 saturated heterocycles. The number of aliphatic hydroxyl groups excluding tert-OH is 1. The maximum atomic E-state index is 10.3. The number of rotatable bonds is 14. The smallest absolute Gasteiger partial charge is 0.226 e. The molecular formula is C26H37NO2. The molecular weight excluding hydrogens is 358 g/mol. The molecule has 1 atom stereocenters. The summed E-state index contributed by atoms with van der Waals surface area (Å²) in [6, 6.07) is 9.73. The summed E-state index contributed by atoms with van der Waals surface area (Å²) in [6.45, 7) is 4.50. The first-order valence-electron chi connectivity index (χ1n) is 11.2. The van der Waals surface area contributed by atoms with Crippen molar-refractivity contribution in [1.82, 2.24) is 4.98 Å². The third-order valence-electron chi connectivity index (χ3n) is 5.16. The van der Waals surface area contributed by atoms with Crippen LogP contribution in [0, 0.1) is 0 Å². The van der Waals surface area contributed by atoms with E-state index in [0.29, 0.717) is 11.6 Å². The summed E-state index contributed by atoms with van der Waals surface area (Å²) in [4.78, 5) is 4.39. The fraction of sp³-hybridized carbons (Fsp3) is 0.500. The van der Waals surface area contributed by atoms with Crippen LogP contribution < -0.4 is 0 Å². The van der Waals surface area contributed by atoms with Crippen LogP contribution in [0.4, 0.5) is 0 Å². The quantitative estimate of drug-likeness (QED) is 0.262. The van der Waals surface area contributed by atoms with Crippen LogP contribution in [0.5, 0.6) is 0 Å². The minimum absolute atomic E-state index is 0.539. The second-order valence-electron chi connectivity index (χ2n) is 7.82. The molecule has 158 valence electrons. The Balaban J connectivity index is 1.63. The third kappa shape index (κ3) is 9.27. The van der Waals surface area contributed by atoms with Crippen LogP contribution in [0.25, 0.3) is 11.5 Å². The minimum Gasteiger partial charge on any atom is -0.444 e. The van der Waals surface area contributed by atoms with Crippen molar-refractivity contribution in [3.05, 3.63) is 66.1 Å². The van der Waals surface area contributed by atoms with Gasteiger partial charge < -0.3 is 9.52 Å². The highest BCUT2D eigenvalue weighted by Gasteiger charge is 2.11. The third-order valence-corrected chi connectivity index (χ3v) is 5.16. The van der Waals surface area contributed by atoms with Crippen molar-refractivity contribution in [2.75, 3.05) is 0 Å². The molecule has 0 spiro atoms. The van der Waals surface area contributed by atoms with Crippen molar-refractivity contribution in [3.8, 4) is 11.5 Å². The number of aliphatic hydroxyl groups is 1. The lowest BCUT2D eigenvalue weighted by molar-refractivity contribution is 0.223. The average Bonchev–Trinajstić information content (AvgIpc) is 3.24. The molecule has 1 N–H and O–H groups in total. The van der Waals surface area contributed by atoms with E-state index < -0.39 is 6.10 Å². The summed E-state index contributed by atoms with van der Waals surface area (Å²) in [5.74, 6) is 0.539. The number of oxazole rings is 1. The predicted octanol–water partition coefficient (Wildman–Crippen LogP) is 7.80. The first-order valence-corrected chi connectivity index (χ1v) is 11.2. The van der Waals surface area contributed by atoms with Gasteiger partial charge in [0.25, 0.3) is 0 Å². The van der Waals surface area contributed by atoms with E-state index in [1.165, 1.54) is 63.2 Å². The number of aromatic nitrogens is 1. The Bertz CT molecular complexity index is 730. The maximum absolute atomic E-state index is 10.3. The lowest BCUT2D eigenvalue weighted by Crippen LogP contribution is -1.93. The Labute approximate surface area is 176 Å². The SMILES string of the molecule is CCCCCCCCCC(C)=CCCC=C[C@H](O)c1coc(-c2ccccc2)n1. The molecule has 0 bridgehead atoms. The van der Waals surface area contributed by atoms with Crippen LogP contribution in [0.15, 0.2) is 64.8 Å². The van der Waals surface area contributed by atoms with E-state index in [1.54, 1.807) is 6.08 Å². The van der Waals surface area contributed by atoms with E-state index in [1.807, 2.05) is 36.4 Å². The van der Waals surface area contributed by atoms with Crippen molar-refractivity contribution in [3.63, 3.8) is 0 Å². The maximum Gasteiger partial charge on any atom is 0.226 e. The monoisotopic (exact) mass is 395 g/mol. The predicted molar refractivity (Wildman–Crippen MR) is 122 cm³/mol. The van der Waals surface area contributed by atoms with Gasteiger partial charge in [-0.2, -0.15) is 0 Å². The van der Waals surface area contributed by atoms with E-state index in [0.717, 1.165) is 18.4 Å². The van der Waals surface area contributed by atoms with Gasteiger partial charge in [0.1, 0.15) is 18.1 Å². The normalized spacial score (nSPS) is 13.3. The fourth-order valence-corrected chi connectivity index (χ4v) is 3.35. The van der Waals surface area contributed by atoms with Gasteiger partial charge in [-0.1, -0.05) is 87.4 Å². The Morgan fingerprint density at radius 3 is 2.52 bits per heavy atom. The molecule has 1 aromatic heterocycles. The Morgan fingerprint density at radius 2 is 1.76 bits per heavy atom. The van der Waals surface area contributed by atoms with E-state index in [-0.39, 0.29) is 0 Å². The van der Waals surface area contributed by atoms with Gasteiger partial charge in [-0.3, -0.25) is 0 Å². The van der Waals surface area contributed by atoms with Crippen molar-refractivity contribution >= 4 is 0 Å². The van der Waals surface area contributed by atoms with Crippen molar-refractivity contribution in [2.24, 2.45) is 0 Å². The van der Waals surface area contributed by atoms with Gasteiger partial charge in [0, 0.05) is 5.56 Å². The molecule has 2 rings (SSSR count). The lowest BCUT2D eigenvalue weighted by Gasteiger charge is -2.03. The molecule has 0 radical (unpaired) electrons. The summed E-state index contributed by atoms with van der Waals surface area (Å²) in [5.41, 5.74) is 2.94. The second-order valence-corrected chi connectivity index (χ2v) is 7.82. The average molecular weight is 396 g/mol. The topological polar surface area (TPSA) is 46.3 Å². The Kier molecular flexibility index (Phi) is 11.1. The highest BCUT2D eigenvalue weighted by atomic mass is 16.3. The van der Waals surface area contributed by atoms with Gasteiger partial charge in [-0.15, -0.1) is 0 Å². The first-order chi connectivity index (χ1) is 14.2. The molecule has 1 heterocycles. The molecule has 0 fully saturated rings. The van der Waals surface area contributed by atoms with Crippen molar-refractivity contribution < 1.29 is 9.52 Å². The molecule has 3 heteroatoms. The Hall–Kier alpha value is -2.13. The molecule has 0 aliphatic heterocycles. The van der Waals surface area contributed by atoms with Crippen LogP contribution in [0.2, 0.25) is 0 Å². The van der Waals surface area contributed by atoms with E-state index in [4.69, 9.17) is 4.42 Å². The zero-order valence-electron chi connectivity index (χ0n) is 18.1. The molecule has 0 aliphatic carbocycles. The van der Waals surface area contributed by atoms with Crippen LogP contribution in [-0.4, -0.2) is 10.1 Å². The Morgan fingerprint density at radius 1 is 1.03 bits per heavy atom. The van der Waals surface area contributed by atoms with Crippen molar-refractivity contribution in [1.29, 1.82) is 0 Å². The van der Waals surface area contributed by atoms with Gasteiger partial charge >= 0.3 is 0 Å². The van der Waals surface area contributed by atoms with Crippen LogP contribution in [0.1, 0.15) is 89.9 Å². The largest absolute Gasteiger partial charge is 0.444 e. The zero-order chi connectivity index (χ0) is 20.7. The summed E-state index contributed by atoms with van der Waals surface area (Å²) < 4.78 is 5.49. The molecule has 1 aromatic carbocycles. The van der Waals surface area contributed by atoms with Crippen LogP contribution >= 0.6 is 0 Å². The molecule has 2 aromatic rings. The highest BCUT2D eigenvalue weighted by molar-refractivity contribution is 5.52. The number of hydrogen-bond donors (Lipinski definition) is 1.